The molecule has 2 rings (SSSR count). The molecule has 0 bridgehead atoms. The zero-order chi connectivity index (χ0) is 12.5. The summed E-state index contributed by atoms with van der Waals surface area (Å²) in [6.45, 7) is 6.27. The lowest BCUT2D eigenvalue weighted by Crippen LogP contribution is -2.43. The van der Waals surface area contributed by atoms with Gasteiger partial charge in [0.1, 0.15) is 5.82 Å². The van der Waals surface area contributed by atoms with E-state index in [0.717, 1.165) is 30.1 Å². The van der Waals surface area contributed by atoms with Gasteiger partial charge in [-0.3, -0.25) is 0 Å². The molecule has 0 amide bonds. The van der Waals surface area contributed by atoms with Crippen molar-refractivity contribution >= 4 is 33.4 Å². The number of alkyl halides is 1. The zero-order valence-electron chi connectivity index (χ0n) is 10.2. The van der Waals surface area contributed by atoms with Gasteiger partial charge in [0.15, 0.2) is 0 Å². The Bertz CT molecular complexity index is 408. The lowest BCUT2D eigenvalue weighted by Gasteiger charge is -2.39. The van der Waals surface area contributed by atoms with Gasteiger partial charge < -0.3 is 4.90 Å². The molecule has 1 nitrogen and oxygen atoms in total. The van der Waals surface area contributed by atoms with E-state index in [1.54, 1.807) is 12.1 Å². The van der Waals surface area contributed by atoms with Crippen LogP contribution in [0.2, 0.25) is 0 Å². The first-order chi connectivity index (χ1) is 8.03. The minimum atomic E-state index is -0.107. The van der Waals surface area contributed by atoms with Gasteiger partial charge in [0.2, 0.25) is 0 Å². The molecule has 0 aliphatic carbocycles. The molecule has 0 atom stereocenters. The topological polar surface area (TPSA) is 3.24 Å². The van der Waals surface area contributed by atoms with Crippen LogP contribution >= 0.6 is 27.7 Å². The average molecular weight is 318 g/mol. The summed E-state index contributed by atoms with van der Waals surface area (Å²) in [7, 11) is 0. The number of nitrogens with zero attached hydrogens (tertiary/aromatic N) is 1. The van der Waals surface area contributed by atoms with Crippen LogP contribution in [0.15, 0.2) is 18.2 Å². The lowest BCUT2D eigenvalue weighted by atomic mass is 10.1. The minimum Gasteiger partial charge on any atom is -0.367 e. The molecule has 17 heavy (non-hydrogen) atoms. The summed E-state index contributed by atoms with van der Waals surface area (Å²) >= 11 is 5.40. The SMILES string of the molecule is CC1(C)CN(c2c(F)cccc2CBr)CCS1. The van der Waals surface area contributed by atoms with Crippen LogP contribution in [0, 0.1) is 5.82 Å². The van der Waals surface area contributed by atoms with E-state index >= 15 is 0 Å². The van der Waals surface area contributed by atoms with Crippen LogP contribution in [0.1, 0.15) is 19.4 Å². The van der Waals surface area contributed by atoms with Gasteiger partial charge in [-0.25, -0.2) is 4.39 Å². The highest BCUT2D eigenvalue weighted by Crippen LogP contribution is 2.35. The van der Waals surface area contributed by atoms with Crippen LogP contribution < -0.4 is 4.90 Å². The van der Waals surface area contributed by atoms with E-state index in [0.29, 0.717) is 5.33 Å². The highest BCUT2D eigenvalue weighted by Gasteiger charge is 2.29. The van der Waals surface area contributed by atoms with Crippen molar-refractivity contribution in [2.45, 2.75) is 23.9 Å². The second-order valence-corrected chi connectivity index (χ2v) is 7.27. The van der Waals surface area contributed by atoms with Gasteiger partial charge in [-0.15, -0.1) is 0 Å². The van der Waals surface area contributed by atoms with Crippen molar-refractivity contribution in [1.82, 2.24) is 0 Å². The Morgan fingerprint density at radius 3 is 2.88 bits per heavy atom. The van der Waals surface area contributed by atoms with Crippen LogP contribution in [0.4, 0.5) is 10.1 Å². The molecule has 94 valence electrons. The van der Waals surface area contributed by atoms with Gasteiger partial charge in [-0.2, -0.15) is 11.8 Å². The van der Waals surface area contributed by atoms with Gasteiger partial charge in [0.05, 0.1) is 5.69 Å². The molecule has 1 aromatic rings. The smallest absolute Gasteiger partial charge is 0.146 e. The summed E-state index contributed by atoms with van der Waals surface area (Å²) in [5.74, 6) is 0.952. The quantitative estimate of drug-likeness (QED) is 0.757. The van der Waals surface area contributed by atoms with Gasteiger partial charge in [0, 0.05) is 28.9 Å². The van der Waals surface area contributed by atoms with E-state index in [1.165, 1.54) is 0 Å². The fraction of sp³-hybridized carbons (Fsp3) is 0.538. The predicted molar refractivity (Wildman–Crippen MR) is 77.8 cm³/mol. The highest BCUT2D eigenvalue weighted by molar-refractivity contribution is 9.08. The summed E-state index contributed by atoms with van der Waals surface area (Å²) in [4.78, 5) is 2.18. The maximum atomic E-state index is 14.0. The molecule has 1 aromatic carbocycles. The minimum absolute atomic E-state index is 0.107. The monoisotopic (exact) mass is 317 g/mol. The number of anilines is 1. The number of hydrogen-bond acceptors (Lipinski definition) is 2. The summed E-state index contributed by atoms with van der Waals surface area (Å²) in [5, 5.41) is 0.699. The summed E-state index contributed by atoms with van der Waals surface area (Å²) in [5.41, 5.74) is 1.81. The second-order valence-electron chi connectivity index (χ2n) is 4.91. The van der Waals surface area contributed by atoms with Crippen molar-refractivity contribution in [3.63, 3.8) is 0 Å². The number of benzene rings is 1. The number of thioether (sulfide) groups is 1. The molecule has 1 heterocycles. The molecule has 0 saturated carbocycles. The van der Waals surface area contributed by atoms with Crippen molar-refractivity contribution in [2.75, 3.05) is 23.7 Å². The fourth-order valence-electron chi connectivity index (χ4n) is 2.23. The van der Waals surface area contributed by atoms with Gasteiger partial charge in [0.25, 0.3) is 0 Å². The summed E-state index contributed by atoms with van der Waals surface area (Å²) in [6.07, 6.45) is 0. The molecule has 0 N–H and O–H groups in total. The van der Waals surface area contributed by atoms with E-state index in [4.69, 9.17) is 0 Å². The molecule has 1 saturated heterocycles. The first-order valence-electron chi connectivity index (χ1n) is 5.76. The Morgan fingerprint density at radius 2 is 2.24 bits per heavy atom. The van der Waals surface area contributed by atoms with Gasteiger partial charge >= 0.3 is 0 Å². The first-order valence-corrected chi connectivity index (χ1v) is 7.86. The van der Waals surface area contributed by atoms with E-state index in [-0.39, 0.29) is 10.6 Å². The Kier molecular flexibility index (Phi) is 4.03. The third-order valence-electron chi connectivity index (χ3n) is 2.96. The molecule has 1 aliphatic heterocycles. The van der Waals surface area contributed by atoms with E-state index in [9.17, 15) is 4.39 Å². The van der Waals surface area contributed by atoms with Crippen LogP contribution in [0.3, 0.4) is 0 Å². The Hall–Kier alpha value is -0.220. The number of halogens is 2. The van der Waals surface area contributed by atoms with Crippen molar-refractivity contribution in [3.8, 4) is 0 Å². The summed E-state index contributed by atoms with van der Waals surface area (Å²) < 4.78 is 14.2. The lowest BCUT2D eigenvalue weighted by molar-refractivity contribution is 0.595. The number of rotatable bonds is 2. The first kappa shape index (κ1) is 13.2. The molecule has 0 unspecified atom stereocenters. The summed E-state index contributed by atoms with van der Waals surface area (Å²) in [6, 6.07) is 5.32. The van der Waals surface area contributed by atoms with Crippen LogP contribution in [0.5, 0.6) is 0 Å². The number of hydrogen-bond donors (Lipinski definition) is 0. The van der Waals surface area contributed by atoms with Crippen LogP contribution in [0.25, 0.3) is 0 Å². The third kappa shape index (κ3) is 2.97. The maximum Gasteiger partial charge on any atom is 0.146 e. The highest BCUT2D eigenvalue weighted by atomic mass is 79.9. The largest absolute Gasteiger partial charge is 0.367 e. The second kappa shape index (κ2) is 5.19. The molecule has 4 heteroatoms. The molecule has 0 aromatic heterocycles. The van der Waals surface area contributed by atoms with Crippen molar-refractivity contribution < 1.29 is 4.39 Å². The molecule has 0 radical (unpaired) electrons. The third-order valence-corrected chi connectivity index (χ3v) is 4.86. The molecular formula is C13H17BrFNS. The van der Waals surface area contributed by atoms with Gasteiger partial charge in [-0.05, 0) is 25.5 Å². The molecular weight excluding hydrogens is 301 g/mol. The van der Waals surface area contributed by atoms with E-state index < -0.39 is 0 Å². The Balaban J connectivity index is 2.33. The van der Waals surface area contributed by atoms with E-state index in [1.807, 2.05) is 17.8 Å². The van der Waals surface area contributed by atoms with Crippen molar-refractivity contribution in [1.29, 1.82) is 0 Å². The zero-order valence-corrected chi connectivity index (χ0v) is 12.6. The molecule has 0 spiro atoms. The fourth-order valence-corrected chi connectivity index (χ4v) is 3.79. The van der Waals surface area contributed by atoms with Crippen molar-refractivity contribution in [3.05, 3.63) is 29.6 Å². The average Bonchev–Trinajstić information content (AvgIpc) is 2.27. The standard InChI is InChI=1S/C13H17BrFNS/c1-13(2)9-16(6-7-17-13)12-10(8-14)4-3-5-11(12)15/h3-5H,6-9H2,1-2H3. The predicted octanol–water partition coefficient (Wildman–Crippen LogP) is 4.05. The maximum absolute atomic E-state index is 14.0. The van der Waals surface area contributed by atoms with Crippen molar-refractivity contribution in [2.24, 2.45) is 0 Å². The Labute approximate surface area is 115 Å². The van der Waals surface area contributed by atoms with E-state index in [2.05, 4.69) is 34.7 Å². The number of para-hydroxylation sites is 1. The van der Waals surface area contributed by atoms with Crippen LogP contribution in [-0.2, 0) is 5.33 Å². The molecule has 1 fully saturated rings. The van der Waals surface area contributed by atoms with Gasteiger partial charge in [-0.1, -0.05) is 28.1 Å². The van der Waals surface area contributed by atoms with Crippen LogP contribution in [-0.4, -0.2) is 23.6 Å². The molecule has 1 aliphatic rings. The normalized spacial score (nSPS) is 19.4. The Morgan fingerprint density at radius 1 is 1.47 bits per heavy atom.